The molecular weight excluding hydrogens is 294 g/mol. The number of aromatic carboxylic acids is 1. The molecule has 0 atom stereocenters. The number of carboxylic acids is 1. The van der Waals surface area contributed by atoms with Gasteiger partial charge in [0.2, 0.25) is 0 Å². The Morgan fingerprint density at radius 2 is 2.14 bits per heavy atom. The van der Waals surface area contributed by atoms with Gasteiger partial charge in [-0.1, -0.05) is 0 Å². The Balaban J connectivity index is 1.87. The van der Waals surface area contributed by atoms with Crippen LogP contribution in [-0.4, -0.2) is 33.7 Å². The normalized spacial score (nSPS) is 10.1. The van der Waals surface area contributed by atoms with E-state index in [0.717, 1.165) is 5.01 Å². The Morgan fingerprint density at radius 1 is 1.33 bits per heavy atom. The fourth-order valence-corrected chi connectivity index (χ4v) is 2.24. The van der Waals surface area contributed by atoms with E-state index in [2.05, 4.69) is 15.6 Å². The van der Waals surface area contributed by atoms with Crippen molar-refractivity contribution in [2.24, 2.45) is 0 Å². The van der Waals surface area contributed by atoms with Gasteiger partial charge in [-0.2, -0.15) is 0 Å². The number of nitrogens with zero attached hydrogens (tertiary/aromatic N) is 1. The summed E-state index contributed by atoms with van der Waals surface area (Å²) in [6.45, 7) is 0.420. The van der Waals surface area contributed by atoms with E-state index >= 15 is 0 Å². The summed E-state index contributed by atoms with van der Waals surface area (Å²) < 4.78 is 0. The number of hydrogen-bond acceptors (Lipinski definition) is 5. The Kier molecular flexibility index (Phi) is 4.72. The van der Waals surface area contributed by atoms with Crippen molar-refractivity contribution in [1.82, 2.24) is 10.3 Å². The van der Waals surface area contributed by atoms with Crippen LogP contribution in [0.1, 0.15) is 15.4 Å². The van der Waals surface area contributed by atoms with Gasteiger partial charge in [-0.15, -0.1) is 11.3 Å². The summed E-state index contributed by atoms with van der Waals surface area (Å²) in [6, 6.07) is 3.38. The molecule has 110 valence electrons. The second kappa shape index (κ2) is 6.71. The van der Waals surface area contributed by atoms with Gasteiger partial charge in [-0.3, -0.25) is 0 Å². The number of aromatic hydroxyl groups is 1. The minimum absolute atomic E-state index is 0.268. The first kappa shape index (κ1) is 14.8. The molecule has 7 nitrogen and oxygen atoms in total. The van der Waals surface area contributed by atoms with Gasteiger partial charge in [0.15, 0.2) is 0 Å². The number of nitrogens with one attached hydrogen (secondary N) is 2. The zero-order valence-corrected chi connectivity index (χ0v) is 11.7. The third-order valence-corrected chi connectivity index (χ3v) is 3.43. The number of thiazole rings is 1. The Morgan fingerprint density at radius 3 is 2.81 bits per heavy atom. The zero-order chi connectivity index (χ0) is 15.2. The van der Waals surface area contributed by atoms with Crippen LogP contribution in [0.25, 0.3) is 0 Å². The quantitative estimate of drug-likeness (QED) is 0.630. The molecule has 0 bridgehead atoms. The number of carbonyl (C=O) groups is 2. The molecule has 0 spiro atoms. The highest BCUT2D eigenvalue weighted by Crippen LogP contribution is 2.21. The van der Waals surface area contributed by atoms with Crippen molar-refractivity contribution < 1.29 is 19.8 Å². The number of rotatable bonds is 5. The second-order valence-electron chi connectivity index (χ2n) is 4.09. The molecule has 1 heterocycles. The summed E-state index contributed by atoms with van der Waals surface area (Å²) in [4.78, 5) is 26.6. The van der Waals surface area contributed by atoms with Gasteiger partial charge in [0.05, 0.1) is 5.01 Å². The molecule has 0 unspecified atom stereocenters. The maximum Gasteiger partial charge on any atom is 0.339 e. The number of hydrogen-bond donors (Lipinski definition) is 4. The Labute approximate surface area is 124 Å². The predicted molar refractivity (Wildman–Crippen MR) is 77.9 cm³/mol. The summed E-state index contributed by atoms with van der Waals surface area (Å²) in [5.41, 5.74) is 0.0209. The highest BCUT2D eigenvalue weighted by atomic mass is 32.1. The minimum Gasteiger partial charge on any atom is -0.507 e. The lowest BCUT2D eigenvalue weighted by molar-refractivity contribution is 0.0693. The smallest absolute Gasteiger partial charge is 0.339 e. The first-order valence-corrected chi connectivity index (χ1v) is 6.94. The van der Waals surface area contributed by atoms with Gasteiger partial charge in [-0.25, -0.2) is 14.6 Å². The van der Waals surface area contributed by atoms with Gasteiger partial charge >= 0.3 is 12.0 Å². The molecule has 0 aliphatic carbocycles. The van der Waals surface area contributed by atoms with E-state index < -0.39 is 12.0 Å². The molecule has 8 heteroatoms. The fraction of sp³-hybridized carbons (Fsp3) is 0.154. The van der Waals surface area contributed by atoms with Gasteiger partial charge in [0.25, 0.3) is 0 Å². The molecule has 1 aromatic carbocycles. The monoisotopic (exact) mass is 307 g/mol. The van der Waals surface area contributed by atoms with E-state index in [-0.39, 0.29) is 17.0 Å². The van der Waals surface area contributed by atoms with E-state index in [9.17, 15) is 14.7 Å². The van der Waals surface area contributed by atoms with E-state index in [4.69, 9.17) is 5.11 Å². The number of urea groups is 1. The third kappa shape index (κ3) is 4.18. The topological polar surface area (TPSA) is 112 Å². The summed E-state index contributed by atoms with van der Waals surface area (Å²) in [7, 11) is 0. The van der Waals surface area contributed by atoms with E-state index in [0.29, 0.717) is 13.0 Å². The molecule has 0 aliphatic heterocycles. The van der Waals surface area contributed by atoms with Crippen molar-refractivity contribution in [1.29, 1.82) is 0 Å². The van der Waals surface area contributed by atoms with E-state index in [1.807, 2.05) is 5.38 Å². The number of amides is 2. The number of phenols is 1. The number of benzene rings is 1. The number of carboxylic acid groups (broad SMARTS) is 1. The third-order valence-electron chi connectivity index (χ3n) is 2.59. The first-order chi connectivity index (χ1) is 10.1. The van der Waals surface area contributed by atoms with Gasteiger partial charge < -0.3 is 20.8 Å². The standard InChI is InChI=1S/C13H13N3O4S/c17-10-2-1-8(7-9(10)12(18)19)16-13(20)15-4-3-11-14-5-6-21-11/h1-2,5-7,17H,3-4H2,(H,18,19)(H2,15,16,20). The summed E-state index contributed by atoms with van der Waals surface area (Å²) in [6.07, 6.45) is 2.32. The average Bonchev–Trinajstić information content (AvgIpc) is 2.94. The van der Waals surface area contributed by atoms with Crippen LogP contribution in [0.15, 0.2) is 29.8 Å². The molecule has 4 N–H and O–H groups in total. The minimum atomic E-state index is -1.26. The second-order valence-corrected chi connectivity index (χ2v) is 5.07. The van der Waals surface area contributed by atoms with E-state index in [1.165, 1.54) is 29.5 Å². The summed E-state index contributed by atoms with van der Waals surface area (Å²) >= 11 is 1.51. The van der Waals surface area contributed by atoms with Crippen LogP contribution in [0.2, 0.25) is 0 Å². The van der Waals surface area contributed by atoms with Crippen molar-refractivity contribution in [2.45, 2.75) is 6.42 Å². The molecule has 0 saturated carbocycles. The van der Waals surface area contributed by atoms with Gasteiger partial charge in [0.1, 0.15) is 11.3 Å². The molecule has 0 fully saturated rings. The Bertz CT molecular complexity index is 643. The molecule has 1 aromatic heterocycles. The van der Waals surface area contributed by atoms with Crippen molar-refractivity contribution in [3.63, 3.8) is 0 Å². The molecule has 2 rings (SSSR count). The molecule has 2 aromatic rings. The first-order valence-electron chi connectivity index (χ1n) is 6.06. The molecular formula is C13H13N3O4S. The predicted octanol–water partition coefficient (Wildman–Crippen LogP) is 1.91. The lowest BCUT2D eigenvalue weighted by atomic mass is 10.2. The van der Waals surface area contributed by atoms with E-state index in [1.54, 1.807) is 6.20 Å². The highest BCUT2D eigenvalue weighted by molar-refractivity contribution is 7.09. The van der Waals surface area contributed by atoms with Crippen LogP contribution in [0, 0.1) is 0 Å². The van der Waals surface area contributed by atoms with Gasteiger partial charge in [-0.05, 0) is 18.2 Å². The molecule has 0 saturated heterocycles. The number of anilines is 1. The van der Waals surface area contributed by atoms with Crippen molar-refractivity contribution in [2.75, 3.05) is 11.9 Å². The van der Waals surface area contributed by atoms with Crippen LogP contribution in [-0.2, 0) is 6.42 Å². The highest BCUT2D eigenvalue weighted by Gasteiger charge is 2.11. The number of carbonyl (C=O) groups excluding carboxylic acids is 1. The maximum atomic E-state index is 11.7. The van der Waals surface area contributed by atoms with Crippen LogP contribution in [0.4, 0.5) is 10.5 Å². The van der Waals surface area contributed by atoms with Crippen molar-refractivity contribution in [3.05, 3.63) is 40.3 Å². The SMILES string of the molecule is O=C(NCCc1nccs1)Nc1ccc(O)c(C(=O)O)c1. The van der Waals surface area contributed by atoms with Crippen LogP contribution in [0.5, 0.6) is 5.75 Å². The molecule has 2 amide bonds. The van der Waals surface area contributed by atoms with Crippen LogP contribution in [0.3, 0.4) is 0 Å². The lowest BCUT2D eigenvalue weighted by Gasteiger charge is -2.08. The summed E-state index contributed by atoms with van der Waals surface area (Å²) in [5, 5.41) is 26.2. The molecule has 0 radical (unpaired) electrons. The molecule has 0 aliphatic rings. The fourth-order valence-electron chi connectivity index (χ4n) is 1.62. The van der Waals surface area contributed by atoms with Gasteiger partial charge in [0, 0.05) is 30.2 Å². The van der Waals surface area contributed by atoms with Crippen molar-refractivity contribution in [3.8, 4) is 5.75 Å². The Hall–Kier alpha value is -2.61. The van der Waals surface area contributed by atoms with Crippen LogP contribution < -0.4 is 10.6 Å². The number of aromatic nitrogens is 1. The van der Waals surface area contributed by atoms with Crippen molar-refractivity contribution >= 4 is 29.0 Å². The molecule has 21 heavy (non-hydrogen) atoms. The zero-order valence-electron chi connectivity index (χ0n) is 10.9. The lowest BCUT2D eigenvalue weighted by Crippen LogP contribution is -2.30. The largest absolute Gasteiger partial charge is 0.507 e. The summed E-state index contributed by atoms with van der Waals surface area (Å²) in [5.74, 6) is -1.61. The average molecular weight is 307 g/mol. The van der Waals surface area contributed by atoms with Crippen LogP contribution >= 0.6 is 11.3 Å². The maximum absolute atomic E-state index is 11.7.